The minimum Gasteiger partial charge on any atom is -0.481 e. The minimum absolute atomic E-state index is 0.000896. The second-order valence-corrected chi connectivity index (χ2v) is 8.27. The predicted octanol–water partition coefficient (Wildman–Crippen LogP) is 3.57. The van der Waals surface area contributed by atoms with Crippen LogP contribution in [0.2, 0.25) is 0 Å². The van der Waals surface area contributed by atoms with Gasteiger partial charge in [0.15, 0.2) is 0 Å². The summed E-state index contributed by atoms with van der Waals surface area (Å²) >= 11 is 1.96. The molecule has 0 bridgehead atoms. The Morgan fingerprint density at radius 2 is 2.00 bits per heavy atom. The number of aliphatic carboxylic acids is 1. The maximum atomic E-state index is 12.0. The van der Waals surface area contributed by atoms with E-state index in [9.17, 15) is 9.90 Å². The largest absolute Gasteiger partial charge is 0.481 e. The molecule has 0 radical (unpaired) electrons. The Labute approximate surface area is 125 Å². The average Bonchev–Trinajstić information content (AvgIpc) is 2.87. The van der Waals surface area contributed by atoms with E-state index in [-0.39, 0.29) is 5.60 Å². The van der Waals surface area contributed by atoms with E-state index in [1.807, 2.05) is 11.8 Å². The van der Waals surface area contributed by atoms with E-state index in [4.69, 9.17) is 4.74 Å². The number of rotatable bonds is 2. The van der Waals surface area contributed by atoms with Gasteiger partial charge in [0.05, 0.1) is 11.0 Å². The van der Waals surface area contributed by atoms with Crippen molar-refractivity contribution in [3.63, 3.8) is 0 Å². The Bertz CT molecular complexity index is 368. The number of carboxylic acid groups (broad SMARTS) is 1. The summed E-state index contributed by atoms with van der Waals surface area (Å²) in [5.41, 5.74) is -0.463. The van der Waals surface area contributed by atoms with Gasteiger partial charge in [-0.25, -0.2) is 0 Å². The Balaban J connectivity index is 1.79. The molecule has 3 aliphatic rings. The fourth-order valence-electron chi connectivity index (χ4n) is 4.44. The first-order valence-corrected chi connectivity index (χ1v) is 9.17. The van der Waals surface area contributed by atoms with Crippen LogP contribution in [0.25, 0.3) is 0 Å². The Morgan fingerprint density at radius 1 is 1.25 bits per heavy atom. The lowest BCUT2D eigenvalue weighted by Crippen LogP contribution is -2.49. The summed E-state index contributed by atoms with van der Waals surface area (Å²) in [7, 11) is 0. The molecule has 0 amide bonds. The third kappa shape index (κ3) is 2.50. The van der Waals surface area contributed by atoms with Gasteiger partial charge in [-0.05, 0) is 62.5 Å². The first-order chi connectivity index (χ1) is 9.56. The van der Waals surface area contributed by atoms with Crippen LogP contribution in [-0.2, 0) is 9.53 Å². The standard InChI is InChI=1S/C16H26O3S/c1-12-2-5-16(6-3-12,14(17)18)13-4-8-19-15(10-13)7-9-20-11-15/h12-13H,2-11H2,1H3,(H,17,18). The molecule has 0 aromatic rings. The number of hydrogen-bond acceptors (Lipinski definition) is 3. The van der Waals surface area contributed by atoms with Gasteiger partial charge >= 0.3 is 5.97 Å². The van der Waals surface area contributed by atoms with Crippen molar-refractivity contribution in [2.75, 3.05) is 18.1 Å². The molecule has 114 valence electrons. The van der Waals surface area contributed by atoms with Crippen molar-refractivity contribution in [2.45, 2.75) is 57.5 Å². The van der Waals surface area contributed by atoms with E-state index in [0.717, 1.165) is 57.3 Å². The maximum Gasteiger partial charge on any atom is 0.309 e. The molecule has 2 saturated heterocycles. The molecule has 2 unspecified atom stereocenters. The van der Waals surface area contributed by atoms with Gasteiger partial charge in [-0.1, -0.05) is 6.92 Å². The molecule has 1 N–H and O–H groups in total. The highest BCUT2D eigenvalue weighted by molar-refractivity contribution is 7.99. The van der Waals surface area contributed by atoms with Gasteiger partial charge in [-0.2, -0.15) is 11.8 Å². The van der Waals surface area contributed by atoms with Crippen molar-refractivity contribution < 1.29 is 14.6 Å². The molecule has 1 spiro atoms. The molecule has 3 fully saturated rings. The molecule has 3 rings (SSSR count). The van der Waals surface area contributed by atoms with Gasteiger partial charge in [0.2, 0.25) is 0 Å². The molecule has 4 heteroatoms. The monoisotopic (exact) mass is 298 g/mol. The molecule has 3 nitrogen and oxygen atoms in total. The molecule has 2 aliphatic heterocycles. The van der Waals surface area contributed by atoms with Gasteiger partial charge in [0.25, 0.3) is 0 Å². The van der Waals surface area contributed by atoms with E-state index in [1.54, 1.807) is 0 Å². The zero-order chi connectivity index (χ0) is 14.2. The third-order valence-electron chi connectivity index (χ3n) is 5.93. The highest BCUT2D eigenvalue weighted by Gasteiger charge is 2.52. The van der Waals surface area contributed by atoms with E-state index in [2.05, 4.69) is 6.92 Å². The van der Waals surface area contributed by atoms with E-state index < -0.39 is 11.4 Å². The van der Waals surface area contributed by atoms with E-state index >= 15 is 0 Å². The summed E-state index contributed by atoms with van der Waals surface area (Å²) in [6.07, 6.45) is 6.92. The van der Waals surface area contributed by atoms with Crippen molar-refractivity contribution in [1.82, 2.24) is 0 Å². The van der Waals surface area contributed by atoms with Crippen molar-refractivity contribution in [2.24, 2.45) is 17.3 Å². The fourth-order valence-corrected chi connectivity index (χ4v) is 5.81. The second kappa shape index (κ2) is 5.53. The van der Waals surface area contributed by atoms with Crippen LogP contribution in [0.5, 0.6) is 0 Å². The molecule has 0 aromatic carbocycles. The van der Waals surface area contributed by atoms with Gasteiger partial charge in [0, 0.05) is 12.4 Å². The van der Waals surface area contributed by atoms with Crippen LogP contribution in [0, 0.1) is 17.3 Å². The summed E-state index contributed by atoms with van der Waals surface area (Å²) < 4.78 is 6.08. The van der Waals surface area contributed by atoms with Crippen molar-refractivity contribution in [3.8, 4) is 0 Å². The SMILES string of the molecule is CC1CCC(C(=O)O)(C2CCOC3(CCSC3)C2)CC1. The van der Waals surface area contributed by atoms with Crippen molar-refractivity contribution >= 4 is 17.7 Å². The average molecular weight is 298 g/mol. The molecular formula is C16H26O3S. The van der Waals surface area contributed by atoms with Crippen LogP contribution in [0.3, 0.4) is 0 Å². The van der Waals surface area contributed by atoms with Crippen LogP contribution in [0.1, 0.15) is 51.9 Å². The summed E-state index contributed by atoms with van der Waals surface area (Å²) in [5, 5.41) is 9.91. The number of hydrogen-bond donors (Lipinski definition) is 1. The van der Waals surface area contributed by atoms with Crippen LogP contribution in [0.15, 0.2) is 0 Å². The van der Waals surface area contributed by atoms with Crippen molar-refractivity contribution in [3.05, 3.63) is 0 Å². The highest BCUT2D eigenvalue weighted by Crippen LogP contribution is 2.52. The Hall–Kier alpha value is -0.220. The lowest BCUT2D eigenvalue weighted by Gasteiger charge is -2.47. The molecule has 1 aliphatic carbocycles. The Kier molecular flexibility index (Phi) is 4.06. The molecule has 1 saturated carbocycles. The summed E-state index contributed by atoms with van der Waals surface area (Å²) in [6, 6.07) is 0. The van der Waals surface area contributed by atoms with Crippen LogP contribution < -0.4 is 0 Å². The molecule has 0 aromatic heterocycles. The Morgan fingerprint density at radius 3 is 2.60 bits per heavy atom. The smallest absolute Gasteiger partial charge is 0.309 e. The first kappa shape index (κ1) is 14.7. The number of carboxylic acids is 1. The van der Waals surface area contributed by atoms with Gasteiger partial charge in [-0.3, -0.25) is 4.79 Å². The van der Waals surface area contributed by atoms with Crippen LogP contribution in [0.4, 0.5) is 0 Å². The highest BCUT2D eigenvalue weighted by atomic mass is 32.2. The normalized spacial score (nSPS) is 45.6. The van der Waals surface area contributed by atoms with Gasteiger partial charge in [0.1, 0.15) is 0 Å². The van der Waals surface area contributed by atoms with E-state index in [0.29, 0.717) is 11.8 Å². The zero-order valence-corrected chi connectivity index (χ0v) is 13.2. The topological polar surface area (TPSA) is 46.5 Å². The predicted molar refractivity (Wildman–Crippen MR) is 81.0 cm³/mol. The van der Waals surface area contributed by atoms with Gasteiger partial charge < -0.3 is 9.84 Å². The molecular weight excluding hydrogens is 272 g/mol. The quantitative estimate of drug-likeness (QED) is 0.846. The molecule has 20 heavy (non-hydrogen) atoms. The lowest BCUT2D eigenvalue weighted by atomic mass is 9.60. The summed E-state index contributed by atoms with van der Waals surface area (Å²) in [6.45, 7) is 3.01. The van der Waals surface area contributed by atoms with Crippen molar-refractivity contribution in [1.29, 1.82) is 0 Å². The van der Waals surface area contributed by atoms with Gasteiger partial charge in [-0.15, -0.1) is 0 Å². The number of ether oxygens (including phenoxy) is 1. The zero-order valence-electron chi connectivity index (χ0n) is 12.4. The summed E-state index contributed by atoms with van der Waals surface area (Å²) in [5.74, 6) is 2.70. The minimum atomic E-state index is -0.544. The summed E-state index contributed by atoms with van der Waals surface area (Å²) in [4.78, 5) is 12.0. The molecule has 2 atom stereocenters. The fraction of sp³-hybridized carbons (Fsp3) is 0.938. The number of thioether (sulfide) groups is 1. The van der Waals surface area contributed by atoms with Crippen LogP contribution in [-0.4, -0.2) is 34.8 Å². The second-order valence-electron chi connectivity index (χ2n) is 7.17. The lowest BCUT2D eigenvalue weighted by molar-refractivity contribution is -0.166. The third-order valence-corrected chi connectivity index (χ3v) is 7.16. The molecule has 2 heterocycles. The van der Waals surface area contributed by atoms with E-state index in [1.165, 1.54) is 5.75 Å². The van der Waals surface area contributed by atoms with Crippen LogP contribution >= 0.6 is 11.8 Å². The maximum absolute atomic E-state index is 12.0. The first-order valence-electron chi connectivity index (χ1n) is 8.01. The number of carbonyl (C=O) groups is 1.